The first-order chi connectivity index (χ1) is 10.3. The quantitative estimate of drug-likeness (QED) is 0.456. The van der Waals surface area contributed by atoms with Crippen LogP contribution in [0.1, 0.15) is 30.4 Å². The number of halogens is 3. The van der Waals surface area contributed by atoms with Crippen molar-refractivity contribution < 1.29 is 57.7 Å². The van der Waals surface area contributed by atoms with E-state index in [9.17, 15) is 0 Å². The summed E-state index contributed by atoms with van der Waals surface area (Å²) in [5.41, 5.74) is 4.29. The third-order valence-corrected chi connectivity index (χ3v) is 5.50. The van der Waals surface area contributed by atoms with E-state index in [-0.39, 0.29) is 40.9 Å². The van der Waals surface area contributed by atoms with Crippen LogP contribution in [0.2, 0.25) is 3.72 Å². The third-order valence-electron chi connectivity index (χ3n) is 4.29. The number of rotatable bonds is 4. The molecule has 1 aliphatic carbocycles. The molecular formula is C20H19Cl3Ti. The van der Waals surface area contributed by atoms with E-state index in [1.54, 1.807) is 0 Å². The zero-order chi connectivity index (χ0) is 14.7. The van der Waals surface area contributed by atoms with Gasteiger partial charge in [0.2, 0.25) is 0 Å². The SMILES string of the molecule is CCC1=CC=C[C]1([Ti+3])C(c1ccccc1)c1ccccc1.[Cl-].[Cl-].[Cl-]. The number of hydrogen-bond acceptors (Lipinski definition) is 0. The second-order valence-corrected chi connectivity index (χ2v) is 6.82. The molecule has 0 nitrogen and oxygen atoms in total. The molecule has 24 heavy (non-hydrogen) atoms. The van der Waals surface area contributed by atoms with Gasteiger partial charge in [-0.1, -0.05) is 0 Å². The molecule has 3 rings (SSSR count). The molecular weight excluding hydrogens is 394 g/mol. The summed E-state index contributed by atoms with van der Waals surface area (Å²) in [4.78, 5) is 0. The fourth-order valence-electron chi connectivity index (χ4n) is 3.26. The molecule has 0 aromatic heterocycles. The topological polar surface area (TPSA) is 0 Å². The first-order valence-electron chi connectivity index (χ1n) is 7.49. The smallest absolute Gasteiger partial charge is 1.00 e. The van der Waals surface area contributed by atoms with E-state index >= 15 is 0 Å². The zero-order valence-electron chi connectivity index (χ0n) is 13.4. The number of hydrogen-bond donors (Lipinski definition) is 0. The fourth-order valence-corrected chi connectivity index (χ4v) is 4.34. The largest absolute Gasteiger partial charge is 1.00 e. The van der Waals surface area contributed by atoms with Crippen molar-refractivity contribution in [3.63, 3.8) is 0 Å². The van der Waals surface area contributed by atoms with Crippen molar-refractivity contribution >= 4 is 0 Å². The molecule has 0 spiro atoms. The van der Waals surface area contributed by atoms with Crippen molar-refractivity contribution in [1.82, 2.24) is 0 Å². The van der Waals surface area contributed by atoms with Crippen LogP contribution in [0, 0.1) is 0 Å². The van der Waals surface area contributed by atoms with Gasteiger partial charge in [0.15, 0.2) is 0 Å². The van der Waals surface area contributed by atoms with E-state index in [1.165, 1.54) is 16.7 Å². The van der Waals surface area contributed by atoms with Crippen molar-refractivity contribution in [2.75, 3.05) is 0 Å². The van der Waals surface area contributed by atoms with Gasteiger partial charge >= 0.3 is 139 Å². The maximum absolute atomic E-state index is 2.37. The summed E-state index contributed by atoms with van der Waals surface area (Å²) >= 11 is 2.37. The van der Waals surface area contributed by atoms with Gasteiger partial charge in [0, 0.05) is 0 Å². The normalized spacial score (nSPS) is 18.2. The van der Waals surface area contributed by atoms with E-state index in [0.29, 0.717) is 5.92 Å². The maximum atomic E-state index is 2.37. The summed E-state index contributed by atoms with van der Waals surface area (Å²) < 4.78 is 0.0669. The van der Waals surface area contributed by atoms with E-state index in [1.807, 2.05) is 0 Å². The maximum Gasteiger partial charge on any atom is -1.00 e. The van der Waals surface area contributed by atoms with Crippen molar-refractivity contribution in [3.8, 4) is 0 Å². The number of allylic oxidation sites excluding steroid dienone is 4. The van der Waals surface area contributed by atoms with Gasteiger partial charge in [-0.2, -0.15) is 0 Å². The van der Waals surface area contributed by atoms with Gasteiger partial charge < -0.3 is 37.2 Å². The molecule has 0 saturated heterocycles. The van der Waals surface area contributed by atoms with Crippen LogP contribution < -0.4 is 37.2 Å². The first-order valence-corrected chi connectivity index (χ1v) is 8.27. The van der Waals surface area contributed by atoms with Gasteiger partial charge in [0.25, 0.3) is 0 Å². The van der Waals surface area contributed by atoms with Crippen LogP contribution >= 0.6 is 0 Å². The summed E-state index contributed by atoms with van der Waals surface area (Å²) in [5.74, 6) is 0.366. The molecule has 2 aromatic rings. The Morgan fingerprint density at radius 2 is 1.29 bits per heavy atom. The van der Waals surface area contributed by atoms with Crippen LogP contribution in [-0.2, 0) is 20.4 Å². The minimum Gasteiger partial charge on any atom is -1.00 e. The van der Waals surface area contributed by atoms with Crippen LogP contribution in [0.5, 0.6) is 0 Å². The Morgan fingerprint density at radius 1 is 0.833 bits per heavy atom. The Labute approximate surface area is 175 Å². The summed E-state index contributed by atoms with van der Waals surface area (Å²) in [5, 5.41) is 0. The predicted molar refractivity (Wildman–Crippen MR) is 84.9 cm³/mol. The summed E-state index contributed by atoms with van der Waals surface area (Å²) in [7, 11) is 0. The van der Waals surface area contributed by atoms with Crippen LogP contribution in [0.3, 0.4) is 0 Å². The molecule has 1 aliphatic rings. The minimum absolute atomic E-state index is 0. The molecule has 0 radical (unpaired) electrons. The van der Waals surface area contributed by atoms with Crippen molar-refractivity contribution in [1.29, 1.82) is 0 Å². The van der Waals surface area contributed by atoms with Gasteiger partial charge in [-0.15, -0.1) is 0 Å². The van der Waals surface area contributed by atoms with Crippen LogP contribution in [0.4, 0.5) is 0 Å². The molecule has 0 N–H and O–H groups in total. The van der Waals surface area contributed by atoms with E-state index in [0.717, 1.165) is 6.42 Å². The van der Waals surface area contributed by atoms with Gasteiger partial charge in [0.05, 0.1) is 0 Å². The first kappa shape index (κ1) is 23.5. The van der Waals surface area contributed by atoms with Gasteiger partial charge in [-0.05, 0) is 0 Å². The van der Waals surface area contributed by atoms with Crippen molar-refractivity contribution in [2.24, 2.45) is 0 Å². The van der Waals surface area contributed by atoms with Gasteiger partial charge in [-0.3, -0.25) is 0 Å². The Hall–Kier alpha value is -0.496. The second-order valence-electron chi connectivity index (χ2n) is 5.53. The summed E-state index contributed by atoms with van der Waals surface area (Å²) in [6.45, 7) is 2.25. The monoisotopic (exact) mass is 412 g/mol. The second kappa shape index (κ2) is 10.5. The van der Waals surface area contributed by atoms with Crippen molar-refractivity contribution in [3.05, 3.63) is 95.6 Å². The Morgan fingerprint density at radius 3 is 1.71 bits per heavy atom. The number of benzene rings is 2. The molecule has 0 saturated carbocycles. The molecule has 1 atom stereocenters. The summed E-state index contributed by atoms with van der Waals surface area (Å²) in [6, 6.07) is 21.8. The Bertz CT molecular complexity index is 628. The minimum atomic E-state index is 0. The van der Waals surface area contributed by atoms with E-state index in [2.05, 4.69) is 106 Å². The molecule has 0 amide bonds. The van der Waals surface area contributed by atoms with E-state index in [4.69, 9.17) is 0 Å². The molecule has 0 aliphatic heterocycles. The standard InChI is InChI=1S/C20H19.3ClH.Ti/c1-2-16-14-9-15-19(16)20(17-10-5-3-6-11-17)18-12-7-4-8-13-18;;;;/h3-15,20H,2H2,1H3;3*1H;/q;;;;+3/p-3. The van der Waals surface area contributed by atoms with Crippen LogP contribution in [0.25, 0.3) is 0 Å². The summed E-state index contributed by atoms with van der Waals surface area (Å²) in [6.07, 6.45) is 7.98. The molecule has 0 bridgehead atoms. The van der Waals surface area contributed by atoms with E-state index < -0.39 is 0 Å². The van der Waals surface area contributed by atoms with Crippen LogP contribution in [0.15, 0.2) is 84.5 Å². The fraction of sp³-hybridized carbons (Fsp3) is 0.200. The third kappa shape index (κ3) is 4.56. The Kier molecular flexibility index (Phi) is 10.3. The average Bonchev–Trinajstić information content (AvgIpc) is 2.91. The molecule has 0 heterocycles. The molecule has 124 valence electrons. The molecule has 2 aromatic carbocycles. The molecule has 1 unspecified atom stereocenters. The Balaban J connectivity index is 0.00000176. The van der Waals surface area contributed by atoms with Gasteiger partial charge in [0.1, 0.15) is 0 Å². The molecule has 4 heteroatoms. The zero-order valence-corrected chi connectivity index (χ0v) is 17.3. The predicted octanol–water partition coefficient (Wildman–Crippen LogP) is -3.56. The van der Waals surface area contributed by atoms with Gasteiger partial charge in [-0.25, -0.2) is 0 Å². The van der Waals surface area contributed by atoms with Crippen molar-refractivity contribution in [2.45, 2.75) is 23.0 Å². The molecule has 0 fully saturated rings. The van der Waals surface area contributed by atoms with Crippen LogP contribution in [-0.4, -0.2) is 0 Å². The average molecular weight is 414 g/mol.